The molecular weight excluding hydrogens is 300 g/mol. The van der Waals surface area contributed by atoms with Crippen molar-refractivity contribution in [2.24, 2.45) is 5.92 Å². The molecule has 1 aromatic carbocycles. The van der Waals surface area contributed by atoms with Crippen molar-refractivity contribution in [1.29, 1.82) is 0 Å². The molecule has 0 aliphatic carbocycles. The van der Waals surface area contributed by atoms with Crippen molar-refractivity contribution in [2.45, 2.75) is 31.2 Å². The van der Waals surface area contributed by atoms with Crippen LogP contribution in [0.3, 0.4) is 0 Å². The van der Waals surface area contributed by atoms with Gasteiger partial charge >= 0.3 is 5.97 Å². The van der Waals surface area contributed by atoms with Crippen LogP contribution >= 0.6 is 0 Å². The van der Waals surface area contributed by atoms with E-state index in [9.17, 15) is 23.3 Å². The van der Waals surface area contributed by atoms with Gasteiger partial charge in [-0.2, -0.15) is 4.72 Å². The monoisotopic (exact) mass is 316 g/mol. The minimum Gasteiger partial charge on any atom is -0.480 e. The maximum absolute atomic E-state index is 12.1. The van der Waals surface area contributed by atoms with Crippen LogP contribution in [0.15, 0.2) is 29.2 Å². The number of sulfonamides is 1. The van der Waals surface area contributed by atoms with Gasteiger partial charge in [-0.15, -0.1) is 0 Å². The van der Waals surface area contributed by atoms with Crippen molar-refractivity contribution in [3.05, 3.63) is 34.4 Å². The molecule has 21 heavy (non-hydrogen) atoms. The number of hydrogen-bond acceptors (Lipinski definition) is 5. The number of nitrogens with one attached hydrogen (secondary N) is 1. The van der Waals surface area contributed by atoms with Gasteiger partial charge in [0.15, 0.2) is 0 Å². The van der Waals surface area contributed by atoms with Crippen LogP contribution in [0.25, 0.3) is 0 Å². The van der Waals surface area contributed by atoms with E-state index in [-0.39, 0.29) is 22.9 Å². The van der Waals surface area contributed by atoms with E-state index in [0.717, 1.165) is 24.3 Å². The smallest absolute Gasteiger partial charge is 0.321 e. The third-order valence-electron chi connectivity index (χ3n) is 2.66. The lowest BCUT2D eigenvalue weighted by molar-refractivity contribution is -0.384. The highest BCUT2D eigenvalue weighted by Gasteiger charge is 2.26. The van der Waals surface area contributed by atoms with Crippen LogP contribution in [0.5, 0.6) is 0 Å². The van der Waals surface area contributed by atoms with Crippen molar-refractivity contribution >= 4 is 21.7 Å². The Balaban J connectivity index is 2.98. The summed E-state index contributed by atoms with van der Waals surface area (Å²) in [5, 5.41) is 19.5. The fourth-order valence-corrected chi connectivity index (χ4v) is 2.88. The molecule has 1 atom stereocenters. The van der Waals surface area contributed by atoms with E-state index in [2.05, 4.69) is 4.72 Å². The summed E-state index contributed by atoms with van der Waals surface area (Å²) in [5.74, 6) is -1.28. The zero-order chi connectivity index (χ0) is 16.2. The molecule has 0 saturated carbocycles. The van der Waals surface area contributed by atoms with Gasteiger partial charge in [0.05, 0.1) is 9.82 Å². The summed E-state index contributed by atoms with van der Waals surface area (Å²) >= 11 is 0. The number of benzene rings is 1. The molecule has 0 fully saturated rings. The predicted molar refractivity (Wildman–Crippen MR) is 74.3 cm³/mol. The molecule has 116 valence electrons. The molecule has 0 amide bonds. The van der Waals surface area contributed by atoms with Crippen LogP contribution in [0, 0.1) is 16.0 Å². The third kappa shape index (κ3) is 4.80. The number of nitro benzene ring substituents is 1. The number of hydrogen-bond donors (Lipinski definition) is 2. The second kappa shape index (κ2) is 6.64. The SMILES string of the molecule is CC(C)C[C@@H](NS(=O)(=O)c1ccc([N+](=O)[O-])cc1)C(=O)O. The summed E-state index contributed by atoms with van der Waals surface area (Å²) in [5.41, 5.74) is -0.245. The Kier molecular flexibility index (Phi) is 5.39. The first kappa shape index (κ1) is 17.1. The number of carbonyl (C=O) groups is 1. The first-order valence-corrected chi connectivity index (χ1v) is 7.61. The summed E-state index contributed by atoms with van der Waals surface area (Å²) in [6, 6.07) is 2.98. The highest BCUT2D eigenvalue weighted by atomic mass is 32.2. The minimum absolute atomic E-state index is 0.00865. The predicted octanol–water partition coefficient (Wildman–Crippen LogP) is 1.37. The normalized spacial score (nSPS) is 13.1. The fraction of sp³-hybridized carbons (Fsp3) is 0.417. The molecule has 8 nitrogen and oxygen atoms in total. The maximum Gasteiger partial charge on any atom is 0.321 e. The Hall–Kier alpha value is -2.00. The standard InChI is InChI=1S/C12H16N2O6S/c1-8(2)7-11(12(15)16)13-21(19,20)10-5-3-9(4-6-10)14(17)18/h3-6,8,11,13H,7H2,1-2H3,(H,15,16)/t11-/m1/s1. The van der Waals surface area contributed by atoms with E-state index in [1.807, 2.05) is 0 Å². The second-order valence-electron chi connectivity index (χ2n) is 4.89. The number of carboxylic acids is 1. The number of carboxylic acid groups (broad SMARTS) is 1. The molecule has 2 N–H and O–H groups in total. The molecule has 9 heteroatoms. The van der Waals surface area contributed by atoms with Gasteiger partial charge in [-0.25, -0.2) is 8.42 Å². The second-order valence-corrected chi connectivity index (χ2v) is 6.61. The summed E-state index contributed by atoms with van der Waals surface area (Å²) in [6.45, 7) is 3.55. The van der Waals surface area contributed by atoms with Gasteiger partial charge in [0.1, 0.15) is 6.04 Å². The van der Waals surface area contributed by atoms with Gasteiger partial charge in [-0.05, 0) is 24.5 Å². The zero-order valence-electron chi connectivity index (χ0n) is 11.5. The maximum atomic E-state index is 12.1. The lowest BCUT2D eigenvalue weighted by Crippen LogP contribution is -2.41. The van der Waals surface area contributed by atoms with Crippen LogP contribution < -0.4 is 4.72 Å². The van der Waals surface area contributed by atoms with Crippen LogP contribution in [0.2, 0.25) is 0 Å². The van der Waals surface area contributed by atoms with Crippen LogP contribution in [-0.4, -0.2) is 30.5 Å². The van der Waals surface area contributed by atoms with Crippen molar-refractivity contribution in [1.82, 2.24) is 4.72 Å². The summed E-state index contributed by atoms with van der Waals surface area (Å²) < 4.78 is 26.2. The molecule has 0 heterocycles. The molecule has 0 aromatic heterocycles. The van der Waals surface area contributed by atoms with Gasteiger partial charge in [0.25, 0.3) is 5.69 Å². The molecule has 0 aliphatic heterocycles. The van der Waals surface area contributed by atoms with Crippen molar-refractivity contribution in [3.8, 4) is 0 Å². The zero-order valence-corrected chi connectivity index (χ0v) is 12.3. The van der Waals surface area contributed by atoms with E-state index in [1.165, 1.54) is 0 Å². The molecule has 0 bridgehead atoms. The Labute approximate surface area is 122 Å². The molecule has 0 radical (unpaired) electrons. The van der Waals surface area contributed by atoms with Crippen molar-refractivity contribution in [2.75, 3.05) is 0 Å². The highest BCUT2D eigenvalue weighted by molar-refractivity contribution is 7.89. The fourth-order valence-electron chi connectivity index (χ4n) is 1.67. The van der Waals surface area contributed by atoms with Crippen LogP contribution in [0.1, 0.15) is 20.3 Å². The van der Waals surface area contributed by atoms with E-state index in [4.69, 9.17) is 5.11 Å². The van der Waals surface area contributed by atoms with E-state index in [1.54, 1.807) is 13.8 Å². The summed E-state index contributed by atoms with van der Waals surface area (Å²) in [7, 11) is -4.05. The number of rotatable bonds is 7. The molecule has 0 unspecified atom stereocenters. The van der Waals surface area contributed by atoms with E-state index in [0.29, 0.717) is 0 Å². The lowest BCUT2D eigenvalue weighted by Gasteiger charge is -2.16. The Morgan fingerprint density at radius 3 is 2.24 bits per heavy atom. The van der Waals surface area contributed by atoms with Gasteiger partial charge < -0.3 is 5.11 Å². The Bertz CT molecular complexity index is 624. The molecule has 0 saturated heterocycles. The first-order chi connectivity index (χ1) is 9.63. The molecule has 0 spiro atoms. The third-order valence-corrected chi connectivity index (χ3v) is 4.15. The van der Waals surface area contributed by atoms with Crippen molar-refractivity contribution in [3.63, 3.8) is 0 Å². The highest BCUT2D eigenvalue weighted by Crippen LogP contribution is 2.17. The largest absolute Gasteiger partial charge is 0.480 e. The molecule has 1 rings (SSSR count). The number of nitro groups is 1. The first-order valence-electron chi connectivity index (χ1n) is 6.13. The summed E-state index contributed by atoms with van der Waals surface area (Å²) in [4.78, 5) is 20.7. The van der Waals surface area contributed by atoms with Gasteiger partial charge in [0, 0.05) is 12.1 Å². The van der Waals surface area contributed by atoms with Gasteiger partial charge in [0.2, 0.25) is 10.0 Å². The number of nitrogens with zero attached hydrogens (tertiary/aromatic N) is 1. The average molecular weight is 316 g/mol. The van der Waals surface area contributed by atoms with Crippen molar-refractivity contribution < 1.29 is 23.2 Å². The van der Waals surface area contributed by atoms with Gasteiger partial charge in [-0.3, -0.25) is 14.9 Å². The molecule has 0 aliphatic rings. The van der Waals surface area contributed by atoms with E-state index >= 15 is 0 Å². The average Bonchev–Trinajstić information content (AvgIpc) is 2.37. The lowest BCUT2D eigenvalue weighted by atomic mass is 10.1. The Morgan fingerprint density at radius 1 is 1.33 bits per heavy atom. The topological polar surface area (TPSA) is 127 Å². The van der Waals surface area contributed by atoms with Crippen LogP contribution in [-0.2, 0) is 14.8 Å². The van der Waals surface area contributed by atoms with E-state index < -0.39 is 27.0 Å². The summed E-state index contributed by atoms with van der Waals surface area (Å²) in [6.07, 6.45) is 0.140. The quantitative estimate of drug-likeness (QED) is 0.578. The molecule has 1 aromatic rings. The van der Waals surface area contributed by atoms with Gasteiger partial charge in [-0.1, -0.05) is 13.8 Å². The minimum atomic E-state index is -4.05. The molecular formula is C12H16N2O6S. The number of non-ortho nitro benzene ring substituents is 1. The Morgan fingerprint density at radius 2 is 1.86 bits per heavy atom. The number of aliphatic carboxylic acids is 1. The van der Waals surface area contributed by atoms with Crippen LogP contribution in [0.4, 0.5) is 5.69 Å².